The zero-order valence-electron chi connectivity index (χ0n) is 19.9. The summed E-state index contributed by atoms with van der Waals surface area (Å²) in [7, 11) is 3.19. The van der Waals surface area contributed by atoms with Gasteiger partial charge >= 0.3 is 0 Å². The van der Waals surface area contributed by atoms with Gasteiger partial charge in [-0.2, -0.15) is 0 Å². The van der Waals surface area contributed by atoms with Gasteiger partial charge in [-0.15, -0.1) is 0 Å². The van der Waals surface area contributed by atoms with Crippen molar-refractivity contribution < 1.29 is 19.1 Å². The van der Waals surface area contributed by atoms with Crippen LogP contribution in [0, 0.1) is 6.92 Å². The van der Waals surface area contributed by atoms with E-state index < -0.39 is 6.04 Å². The van der Waals surface area contributed by atoms with E-state index in [1.807, 2.05) is 43.3 Å². The van der Waals surface area contributed by atoms with Gasteiger partial charge in [0.25, 0.3) is 0 Å². The summed E-state index contributed by atoms with van der Waals surface area (Å²) >= 11 is 0. The van der Waals surface area contributed by atoms with Crippen LogP contribution in [0.1, 0.15) is 49.8 Å². The first-order chi connectivity index (χ1) is 15.4. The lowest BCUT2D eigenvalue weighted by molar-refractivity contribution is -0.140. The molecule has 2 amide bonds. The first-order valence-electron chi connectivity index (χ1n) is 11.2. The number of benzene rings is 2. The number of carbonyl (C=O) groups excluding carboxylic acids is 2. The third-order valence-electron chi connectivity index (χ3n) is 5.51. The zero-order valence-corrected chi connectivity index (χ0v) is 19.9. The van der Waals surface area contributed by atoms with Crippen molar-refractivity contribution in [1.29, 1.82) is 0 Å². The van der Waals surface area contributed by atoms with Gasteiger partial charge in [0.05, 0.1) is 14.2 Å². The minimum atomic E-state index is -0.551. The maximum Gasteiger partial charge on any atom is 0.242 e. The maximum absolute atomic E-state index is 13.2. The SMILES string of the molecule is CCCCNC(=O)C(C)N(Cc1cccc(C)c1)C(=O)CCc1ccc(OC)c(OC)c1. The number of ether oxygens (including phenoxy) is 2. The number of hydrogen-bond donors (Lipinski definition) is 1. The van der Waals surface area contributed by atoms with Crippen molar-refractivity contribution in [3.05, 3.63) is 59.2 Å². The normalized spacial score (nSPS) is 11.5. The molecular formula is C26H36N2O4. The van der Waals surface area contributed by atoms with Gasteiger partial charge in [0.2, 0.25) is 11.8 Å². The fraction of sp³-hybridized carbons (Fsp3) is 0.462. The first-order valence-corrected chi connectivity index (χ1v) is 11.2. The Kier molecular flexibility index (Phi) is 10.1. The van der Waals surface area contributed by atoms with Crippen molar-refractivity contribution in [3.8, 4) is 11.5 Å². The van der Waals surface area contributed by atoms with Gasteiger partial charge in [-0.25, -0.2) is 0 Å². The molecule has 0 spiro atoms. The van der Waals surface area contributed by atoms with E-state index in [0.29, 0.717) is 37.4 Å². The molecule has 2 aromatic rings. The van der Waals surface area contributed by atoms with Crippen molar-refractivity contribution >= 4 is 11.8 Å². The topological polar surface area (TPSA) is 67.9 Å². The molecule has 0 saturated heterocycles. The van der Waals surface area contributed by atoms with E-state index >= 15 is 0 Å². The minimum absolute atomic E-state index is 0.0561. The molecule has 0 aromatic heterocycles. The average Bonchev–Trinajstić information content (AvgIpc) is 2.80. The molecule has 1 atom stereocenters. The molecule has 6 nitrogen and oxygen atoms in total. The molecule has 0 aliphatic rings. The van der Waals surface area contributed by atoms with Gasteiger partial charge < -0.3 is 19.7 Å². The Bertz CT molecular complexity index is 897. The second-order valence-corrected chi connectivity index (χ2v) is 8.02. The molecule has 1 N–H and O–H groups in total. The Hall–Kier alpha value is -3.02. The van der Waals surface area contributed by atoms with E-state index in [1.54, 1.807) is 26.0 Å². The molecule has 174 valence electrons. The number of amides is 2. The zero-order chi connectivity index (χ0) is 23.5. The van der Waals surface area contributed by atoms with Crippen molar-refractivity contribution in [1.82, 2.24) is 10.2 Å². The number of rotatable bonds is 12. The number of carbonyl (C=O) groups is 2. The number of unbranched alkanes of at least 4 members (excludes halogenated alkanes) is 1. The van der Waals surface area contributed by atoms with Crippen molar-refractivity contribution in [2.45, 2.75) is 59.0 Å². The number of nitrogens with zero attached hydrogens (tertiary/aromatic N) is 1. The van der Waals surface area contributed by atoms with Crippen molar-refractivity contribution in [3.63, 3.8) is 0 Å². The highest BCUT2D eigenvalue weighted by atomic mass is 16.5. The summed E-state index contributed by atoms with van der Waals surface area (Å²) in [6.07, 6.45) is 2.77. The fourth-order valence-corrected chi connectivity index (χ4v) is 3.56. The predicted octanol–water partition coefficient (Wildman–Crippen LogP) is 4.28. The summed E-state index contributed by atoms with van der Waals surface area (Å²) in [6.45, 7) is 6.92. The molecule has 1 unspecified atom stereocenters. The Morgan fingerprint density at radius 1 is 1.03 bits per heavy atom. The average molecular weight is 441 g/mol. The molecule has 0 aliphatic heterocycles. The molecule has 0 radical (unpaired) electrons. The molecule has 0 fully saturated rings. The van der Waals surface area contributed by atoms with Crippen LogP contribution in [-0.2, 0) is 22.6 Å². The van der Waals surface area contributed by atoms with Gasteiger partial charge in [0, 0.05) is 19.5 Å². The largest absolute Gasteiger partial charge is 0.493 e. The summed E-state index contributed by atoms with van der Waals surface area (Å²) in [5.74, 6) is 1.11. The lowest BCUT2D eigenvalue weighted by Gasteiger charge is -2.29. The van der Waals surface area contributed by atoms with Crippen LogP contribution >= 0.6 is 0 Å². The number of methoxy groups -OCH3 is 2. The van der Waals surface area contributed by atoms with Crippen molar-refractivity contribution in [2.24, 2.45) is 0 Å². The molecule has 0 aliphatic carbocycles. The minimum Gasteiger partial charge on any atom is -0.493 e. The third-order valence-corrected chi connectivity index (χ3v) is 5.51. The highest BCUT2D eigenvalue weighted by molar-refractivity contribution is 5.87. The lowest BCUT2D eigenvalue weighted by Crippen LogP contribution is -2.47. The van der Waals surface area contributed by atoms with Crippen molar-refractivity contribution in [2.75, 3.05) is 20.8 Å². The van der Waals surface area contributed by atoms with E-state index in [0.717, 1.165) is 29.5 Å². The van der Waals surface area contributed by atoms with E-state index in [4.69, 9.17) is 9.47 Å². The molecule has 0 saturated carbocycles. The van der Waals surface area contributed by atoms with Crippen LogP contribution in [0.2, 0.25) is 0 Å². The van der Waals surface area contributed by atoms with E-state index in [-0.39, 0.29) is 11.8 Å². The van der Waals surface area contributed by atoms with Gasteiger partial charge in [0.15, 0.2) is 11.5 Å². The monoisotopic (exact) mass is 440 g/mol. The molecule has 0 bridgehead atoms. The maximum atomic E-state index is 13.2. The summed E-state index contributed by atoms with van der Waals surface area (Å²) < 4.78 is 10.6. The predicted molar refractivity (Wildman–Crippen MR) is 127 cm³/mol. The Morgan fingerprint density at radius 2 is 1.78 bits per heavy atom. The Balaban J connectivity index is 2.14. The van der Waals surface area contributed by atoms with Crippen LogP contribution < -0.4 is 14.8 Å². The number of nitrogens with one attached hydrogen (secondary N) is 1. The van der Waals surface area contributed by atoms with Crippen LogP contribution in [0.3, 0.4) is 0 Å². The third kappa shape index (κ3) is 7.29. The van der Waals surface area contributed by atoms with Gasteiger partial charge in [0.1, 0.15) is 6.04 Å². The van der Waals surface area contributed by atoms with Gasteiger partial charge in [-0.1, -0.05) is 49.2 Å². The highest BCUT2D eigenvalue weighted by Gasteiger charge is 2.25. The van der Waals surface area contributed by atoms with E-state index in [1.165, 1.54) is 0 Å². The molecule has 2 aromatic carbocycles. The molecule has 32 heavy (non-hydrogen) atoms. The second-order valence-electron chi connectivity index (χ2n) is 8.02. The Morgan fingerprint density at radius 3 is 2.44 bits per heavy atom. The fourth-order valence-electron chi connectivity index (χ4n) is 3.56. The summed E-state index contributed by atoms with van der Waals surface area (Å²) in [6, 6.07) is 13.1. The number of aryl methyl sites for hydroxylation is 2. The summed E-state index contributed by atoms with van der Waals surface area (Å²) in [5.41, 5.74) is 3.12. The van der Waals surface area contributed by atoms with Crippen LogP contribution in [0.25, 0.3) is 0 Å². The molecule has 2 rings (SSSR count). The molecular weight excluding hydrogens is 404 g/mol. The summed E-state index contributed by atoms with van der Waals surface area (Å²) in [5, 5.41) is 2.95. The molecule has 6 heteroatoms. The first kappa shape index (κ1) is 25.2. The van der Waals surface area contributed by atoms with Crippen LogP contribution in [-0.4, -0.2) is 43.5 Å². The molecule has 0 heterocycles. The van der Waals surface area contributed by atoms with Crippen LogP contribution in [0.5, 0.6) is 11.5 Å². The Labute approximate surface area is 191 Å². The van der Waals surface area contributed by atoms with E-state index in [2.05, 4.69) is 18.3 Å². The van der Waals surface area contributed by atoms with E-state index in [9.17, 15) is 9.59 Å². The summed E-state index contributed by atoms with van der Waals surface area (Å²) in [4.78, 5) is 27.6. The smallest absolute Gasteiger partial charge is 0.242 e. The van der Waals surface area contributed by atoms with Gasteiger partial charge in [-0.05, 0) is 49.9 Å². The lowest BCUT2D eigenvalue weighted by atomic mass is 10.1. The second kappa shape index (κ2) is 12.7. The van der Waals surface area contributed by atoms with Gasteiger partial charge in [-0.3, -0.25) is 9.59 Å². The highest BCUT2D eigenvalue weighted by Crippen LogP contribution is 2.28. The quantitative estimate of drug-likeness (QED) is 0.500. The standard InChI is InChI=1S/C26H36N2O4/c1-6-7-15-27-26(30)20(3)28(18-22-10-8-9-19(2)16-22)25(29)14-12-21-11-13-23(31-4)24(17-21)32-5/h8-11,13,16-17,20H,6-7,12,14-15,18H2,1-5H3,(H,27,30). The van der Waals surface area contributed by atoms with Crippen LogP contribution in [0.15, 0.2) is 42.5 Å². The number of hydrogen-bond acceptors (Lipinski definition) is 4. The van der Waals surface area contributed by atoms with Crippen LogP contribution in [0.4, 0.5) is 0 Å².